The van der Waals surface area contributed by atoms with Crippen LogP contribution in [-0.2, 0) is 4.74 Å². The molecule has 0 saturated heterocycles. The van der Waals surface area contributed by atoms with Gasteiger partial charge in [-0.1, -0.05) is 12.8 Å². The van der Waals surface area contributed by atoms with Gasteiger partial charge in [0, 0.05) is 12.6 Å². The first-order valence-corrected chi connectivity index (χ1v) is 6.11. The summed E-state index contributed by atoms with van der Waals surface area (Å²) in [7, 11) is 0. The molecule has 0 heterocycles. The Hall–Kier alpha value is -0.770. The van der Waals surface area contributed by atoms with Crippen LogP contribution in [0.2, 0.25) is 0 Å². The van der Waals surface area contributed by atoms with Crippen molar-refractivity contribution in [1.82, 2.24) is 5.32 Å². The van der Waals surface area contributed by atoms with Crippen LogP contribution in [0.3, 0.4) is 0 Å². The van der Waals surface area contributed by atoms with Crippen LogP contribution in [0.25, 0.3) is 0 Å². The molecule has 0 unspecified atom stereocenters. The van der Waals surface area contributed by atoms with E-state index in [0.717, 1.165) is 0 Å². The van der Waals surface area contributed by atoms with Crippen molar-refractivity contribution < 1.29 is 9.53 Å². The molecule has 0 aromatic heterocycles. The van der Waals surface area contributed by atoms with E-state index in [1.54, 1.807) is 0 Å². The quantitative estimate of drug-likeness (QED) is 0.776. The molecule has 0 aromatic rings. The van der Waals surface area contributed by atoms with Gasteiger partial charge in [-0.25, -0.2) is 4.79 Å². The van der Waals surface area contributed by atoms with E-state index >= 15 is 0 Å². The zero-order chi connectivity index (χ0) is 12.2. The van der Waals surface area contributed by atoms with Crippen molar-refractivity contribution >= 4 is 6.09 Å². The standard InChI is InChI=1S/C12H24N2O2/c1-12(2,3)16-11(15)14-8-10(13)9-6-4-5-7-9/h9-10H,4-8,13H2,1-3H3,(H,14,15)/t10-/m0/s1. The summed E-state index contributed by atoms with van der Waals surface area (Å²) in [6.07, 6.45) is 4.55. The highest BCUT2D eigenvalue weighted by atomic mass is 16.6. The maximum Gasteiger partial charge on any atom is 0.407 e. The highest BCUT2D eigenvalue weighted by Crippen LogP contribution is 2.26. The number of alkyl carbamates (subject to hydrolysis) is 1. The smallest absolute Gasteiger partial charge is 0.407 e. The minimum atomic E-state index is -0.443. The Morgan fingerprint density at radius 1 is 1.44 bits per heavy atom. The first-order valence-electron chi connectivity index (χ1n) is 6.11. The average Bonchev–Trinajstić information content (AvgIpc) is 2.64. The van der Waals surface area contributed by atoms with Gasteiger partial charge in [-0.3, -0.25) is 0 Å². The van der Waals surface area contributed by atoms with Crippen LogP contribution in [0.4, 0.5) is 4.79 Å². The predicted octanol–water partition coefficient (Wildman–Crippen LogP) is 2.03. The zero-order valence-electron chi connectivity index (χ0n) is 10.6. The summed E-state index contributed by atoms with van der Waals surface area (Å²) >= 11 is 0. The minimum Gasteiger partial charge on any atom is -0.444 e. The van der Waals surface area contributed by atoms with Gasteiger partial charge in [-0.2, -0.15) is 0 Å². The van der Waals surface area contributed by atoms with Gasteiger partial charge in [0.15, 0.2) is 0 Å². The lowest BCUT2D eigenvalue weighted by Gasteiger charge is -2.22. The van der Waals surface area contributed by atoms with Gasteiger partial charge in [0.1, 0.15) is 5.60 Å². The molecule has 1 atom stereocenters. The summed E-state index contributed by atoms with van der Waals surface area (Å²) in [6.45, 7) is 6.07. The van der Waals surface area contributed by atoms with Crippen molar-refractivity contribution in [2.24, 2.45) is 11.7 Å². The number of carbonyl (C=O) groups is 1. The number of ether oxygens (including phenoxy) is 1. The van der Waals surface area contributed by atoms with Crippen LogP contribution in [0.5, 0.6) is 0 Å². The number of rotatable bonds is 3. The monoisotopic (exact) mass is 228 g/mol. The second-order valence-electron chi connectivity index (χ2n) is 5.59. The van der Waals surface area contributed by atoms with Crippen molar-refractivity contribution in [3.8, 4) is 0 Å². The molecule has 16 heavy (non-hydrogen) atoms. The van der Waals surface area contributed by atoms with Gasteiger partial charge in [0.05, 0.1) is 0 Å². The van der Waals surface area contributed by atoms with E-state index in [1.807, 2.05) is 20.8 Å². The molecule has 1 aliphatic carbocycles. The topological polar surface area (TPSA) is 64.3 Å². The summed E-state index contributed by atoms with van der Waals surface area (Å²) in [6, 6.07) is 0.0648. The molecule has 1 aliphatic rings. The van der Waals surface area contributed by atoms with Crippen LogP contribution in [0.15, 0.2) is 0 Å². The van der Waals surface area contributed by atoms with Crippen molar-refractivity contribution in [3.63, 3.8) is 0 Å². The third kappa shape index (κ3) is 4.84. The summed E-state index contributed by atoms with van der Waals surface area (Å²) < 4.78 is 5.15. The van der Waals surface area contributed by atoms with Crippen LogP contribution in [0, 0.1) is 5.92 Å². The van der Waals surface area contributed by atoms with E-state index in [4.69, 9.17) is 10.5 Å². The summed E-state index contributed by atoms with van der Waals surface area (Å²) in [5.74, 6) is 0.565. The first kappa shape index (κ1) is 13.3. The fraction of sp³-hybridized carbons (Fsp3) is 0.917. The molecule has 0 spiro atoms. The summed E-state index contributed by atoms with van der Waals surface area (Å²) in [5, 5.41) is 2.73. The minimum absolute atomic E-state index is 0.0648. The zero-order valence-corrected chi connectivity index (χ0v) is 10.6. The van der Waals surface area contributed by atoms with E-state index in [1.165, 1.54) is 25.7 Å². The summed E-state index contributed by atoms with van der Waals surface area (Å²) in [5.41, 5.74) is 5.58. The lowest BCUT2D eigenvalue weighted by molar-refractivity contribution is 0.0521. The molecule has 3 N–H and O–H groups in total. The Labute approximate surface area is 97.9 Å². The molecule has 1 rings (SSSR count). The SMILES string of the molecule is CC(C)(C)OC(=O)NC[C@H](N)C1CCCC1. The highest BCUT2D eigenvalue weighted by molar-refractivity contribution is 5.67. The Morgan fingerprint density at radius 3 is 2.50 bits per heavy atom. The fourth-order valence-corrected chi connectivity index (χ4v) is 2.07. The molecule has 4 nitrogen and oxygen atoms in total. The van der Waals surface area contributed by atoms with Crippen LogP contribution in [0.1, 0.15) is 46.5 Å². The average molecular weight is 228 g/mol. The second-order valence-corrected chi connectivity index (χ2v) is 5.59. The molecule has 4 heteroatoms. The second kappa shape index (κ2) is 5.53. The van der Waals surface area contributed by atoms with E-state index in [0.29, 0.717) is 12.5 Å². The largest absolute Gasteiger partial charge is 0.444 e. The van der Waals surface area contributed by atoms with Crippen molar-refractivity contribution in [1.29, 1.82) is 0 Å². The van der Waals surface area contributed by atoms with Crippen LogP contribution in [-0.4, -0.2) is 24.3 Å². The molecule has 1 amide bonds. The summed E-state index contributed by atoms with van der Waals surface area (Å²) in [4.78, 5) is 11.4. The number of amides is 1. The van der Waals surface area contributed by atoms with E-state index < -0.39 is 5.60 Å². The molecule has 0 radical (unpaired) electrons. The van der Waals surface area contributed by atoms with E-state index in [2.05, 4.69) is 5.32 Å². The number of nitrogens with two attached hydrogens (primary N) is 1. The maximum atomic E-state index is 11.4. The Bertz CT molecular complexity index is 230. The normalized spacial score (nSPS) is 19.5. The molecule has 0 bridgehead atoms. The van der Waals surface area contributed by atoms with E-state index in [-0.39, 0.29) is 12.1 Å². The maximum absolute atomic E-state index is 11.4. The molecule has 1 fully saturated rings. The fourth-order valence-electron chi connectivity index (χ4n) is 2.07. The van der Waals surface area contributed by atoms with Crippen molar-refractivity contribution in [2.75, 3.05) is 6.54 Å². The van der Waals surface area contributed by atoms with Crippen LogP contribution >= 0.6 is 0 Å². The predicted molar refractivity (Wildman–Crippen MR) is 64.2 cm³/mol. The molecular weight excluding hydrogens is 204 g/mol. The number of hydrogen-bond donors (Lipinski definition) is 2. The molecule has 94 valence electrons. The molecule has 0 aliphatic heterocycles. The van der Waals surface area contributed by atoms with Gasteiger partial charge >= 0.3 is 6.09 Å². The Balaban J connectivity index is 2.20. The Morgan fingerprint density at radius 2 is 2.00 bits per heavy atom. The van der Waals surface area contributed by atoms with E-state index in [9.17, 15) is 4.79 Å². The van der Waals surface area contributed by atoms with Gasteiger partial charge in [-0.15, -0.1) is 0 Å². The van der Waals surface area contributed by atoms with Crippen LogP contribution < -0.4 is 11.1 Å². The number of hydrogen-bond acceptors (Lipinski definition) is 3. The van der Waals surface area contributed by atoms with Crippen molar-refractivity contribution in [2.45, 2.75) is 58.1 Å². The number of nitrogens with one attached hydrogen (secondary N) is 1. The van der Waals surface area contributed by atoms with Gasteiger partial charge < -0.3 is 15.8 Å². The van der Waals surface area contributed by atoms with Gasteiger partial charge in [-0.05, 0) is 39.5 Å². The van der Waals surface area contributed by atoms with Gasteiger partial charge in [0.25, 0.3) is 0 Å². The number of carbonyl (C=O) groups excluding carboxylic acids is 1. The molecule has 0 aromatic carbocycles. The third-order valence-corrected chi connectivity index (χ3v) is 2.89. The molecule has 1 saturated carbocycles. The lowest BCUT2D eigenvalue weighted by Crippen LogP contribution is -2.43. The molecular formula is C12H24N2O2. The van der Waals surface area contributed by atoms with Crippen molar-refractivity contribution in [3.05, 3.63) is 0 Å². The van der Waals surface area contributed by atoms with Gasteiger partial charge in [0.2, 0.25) is 0 Å². The Kier molecular flexibility index (Phi) is 4.59. The lowest BCUT2D eigenvalue weighted by atomic mass is 9.99. The third-order valence-electron chi connectivity index (χ3n) is 2.89. The first-order chi connectivity index (χ1) is 7.38. The highest BCUT2D eigenvalue weighted by Gasteiger charge is 2.23.